The van der Waals surface area contributed by atoms with Crippen LogP contribution in [0.4, 0.5) is 0 Å². The van der Waals surface area contributed by atoms with E-state index in [1.807, 2.05) is 6.92 Å². The van der Waals surface area contributed by atoms with Gasteiger partial charge < -0.3 is 24.8 Å². The van der Waals surface area contributed by atoms with Gasteiger partial charge in [-0.25, -0.2) is 0 Å². The Kier molecular flexibility index (Phi) is 4.95. The minimum absolute atomic E-state index is 0.0156. The predicted molar refractivity (Wildman–Crippen MR) is 53.2 cm³/mol. The summed E-state index contributed by atoms with van der Waals surface area (Å²) in [4.78, 5) is 0. The third kappa shape index (κ3) is 4.44. The normalized spacial score (nSPS) is 36.2. The Morgan fingerprint density at radius 1 is 1.40 bits per heavy atom. The fourth-order valence-electron chi connectivity index (χ4n) is 1.52. The molecule has 0 bridgehead atoms. The molecule has 90 valence electrons. The molecule has 5 heteroatoms. The first-order valence-corrected chi connectivity index (χ1v) is 5.30. The van der Waals surface area contributed by atoms with Crippen LogP contribution < -0.4 is 0 Å². The fraction of sp³-hybridized carbons (Fsp3) is 1.00. The number of aliphatic hydroxyl groups is 3. The van der Waals surface area contributed by atoms with Gasteiger partial charge in [0.2, 0.25) is 0 Å². The molecule has 1 saturated heterocycles. The van der Waals surface area contributed by atoms with Gasteiger partial charge >= 0.3 is 0 Å². The second kappa shape index (κ2) is 5.77. The quantitative estimate of drug-likeness (QED) is 0.602. The lowest BCUT2D eigenvalue weighted by Gasteiger charge is -2.31. The van der Waals surface area contributed by atoms with Gasteiger partial charge in [-0.2, -0.15) is 0 Å². The second-order valence-corrected chi connectivity index (χ2v) is 4.14. The van der Waals surface area contributed by atoms with E-state index in [1.54, 1.807) is 0 Å². The zero-order chi connectivity index (χ0) is 11.4. The summed E-state index contributed by atoms with van der Waals surface area (Å²) in [6.45, 7) is 3.37. The number of aliphatic hydroxyl groups excluding tert-OH is 3. The number of hydrogen-bond donors (Lipinski definition) is 3. The maximum Gasteiger partial charge on any atom is 0.160 e. The van der Waals surface area contributed by atoms with Gasteiger partial charge in [-0.3, -0.25) is 0 Å². The van der Waals surface area contributed by atoms with Gasteiger partial charge in [0.15, 0.2) is 6.29 Å². The van der Waals surface area contributed by atoms with E-state index in [-0.39, 0.29) is 12.7 Å². The monoisotopic (exact) mass is 220 g/mol. The molecule has 5 nitrogen and oxygen atoms in total. The van der Waals surface area contributed by atoms with E-state index >= 15 is 0 Å². The molecule has 0 aromatic carbocycles. The van der Waals surface area contributed by atoms with Gasteiger partial charge in [-0.15, -0.1) is 0 Å². The van der Waals surface area contributed by atoms with Gasteiger partial charge in [-0.1, -0.05) is 0 Å². The van der Waals surface area contributed by atoms with Crippen LogP contribution in [0.1, 0.15) is 26.7 Å². The third-order valence-electron chi connectivity index (χ3n) is 2.46. The van der Waals surface area contributed by atoms with Crippen LogP contribution in [-0.4, -0.2) is 52.6 Å². The van der Waals surface area contributed by atoms with Crippen molar-refractivity contribution in [3.05, 3.63) is 0 Å². The summed E-state index contributed by atoms with van der Waals surface area (Å²) in [6, 6.07) is 0. The van der Waals surface area contributed by atoms with Gasteiger partial charge in [0.1, 0.15) is 6.10 Å². The van der Waals surface area contributed by atoms with Gasteiger partial charge in [0.25, 0.3) is 0 Å². The largest absolute Gasteiger partial charge is 0.393 e. The van der Waals surface area contributed by atoms with E-state index in [2.05, 4.69) is 0 Å². The highest BCUT2D eigenvalue weighted by Crippen LogP contribution is 2.20. The summed E-state index contributed by atoms with van der Waals surface area (Å²) in [5.41, 5.74) is 0. The van der Waals surface area contributed by atoms with E-state index in [0.29, 0.717) is 12.8 Å². The number of rotatable bonds is 4. The maximum atomic E-state index is 9.45. The lowest BCUT2D eigenvalue weighted by molar-refractivity contribution is -0.222. The average Bonchev–Trinajstić information content (AvgIpc) is 2.12. The molecule has 0 aromatic rings. The molecule has 5 atom stereocenters. The molecule has 0 saturated carbocycles. The van der Waals surface area contributed by atoms with Crippen LogP contribution >= 0.6 is 0 Å². The van der Waals surface area contributed by atoms with Gasteiger partial charge in [0.05, 0.1) is 24.9 Å². The van der Waals surface area contributed by atoms with Gasteiger partial charge in [-0.05, 0) is 20.3 Å². The van der Waals surface area contributed by atoms with Crippen molar-refractivity contribution in [3.63, 3.8) is 0 Å². The molecule has 1 aliphatic heterocycles. The molecule has 1 heterocycles. The molecule has 3 N–H and O–H groups in total. The van der Waals surface area contributed by atoms with E-state index < -0.39 is 24.6 Å². The molecule has 15 heavy (non-hydrogen) atoms. The highest BCUT2D eigenvalue weighted by molar-refractivity contribution is 4.70. The first kappa shape index (κ1) is 12.9. The number of hydrogen-bond acceptors (Lipinski definition) is 5. The summed E-state index contributed by atoms with van der Waals surface area (Å²) in [7, 11) is 0. The van der Waals surface area contributed by atoms with Crippen LogP contribution in [-0.2, 0) is 9.47 Å². The molecule has 0 radical (unpaired) electrons. The third-order valence-corrected chi connectivity index (χ3v) is 2.46. The minimum Gasteiger partial charge on any atom is -0.393 e. The Bertz CT molecular complexity index is 175. The molecule has 0 aliphatic carbocycles. The molecule has 0 aromatic heterocycles. The second-order valence-electron chi connectivity index (χ2n) is 4.14. The lowest BCUT2D eigenvalue weighted by Crippen LogP contribution is -2.38. The van der Waals surface area contributed by atoms with Gasteiger partial charge in [0, 0.05) is 6.42 Å². The maximum absolute atomic E-state index is 9.45. The Morgan fingerprint density at radius 2 is 2.07 bits per heavy atom. The van der Waals surface area contributed by atoms with Crippen molar-refractivity contribution < 1.29 is 24.8 Å². The highest BCUT2D eigenvalue weighted by Gasteiger charge is 2.27. The molecule has 0 amide bonds. The van der Waals surface area contributed by atoms with Crippen LogP contribution in [0.5, 0.6) is 0 Å². The Hall–Kier alpha value is -0.200. The SMILES string of the molecule is CC1CC(O)C[C@H](OC[C@H](O)C(C)O)O1. The Balaban J connectivity index is 2.26. The van der Waals surface area contributed by atoms with Crippen molar-refractivity contribution in [3.8, 4) is 0 Å². The Morgan fingerprint density at radius 3 is 2.60 bits per heavy atom. The molecule has 1 fully saturated rings. The van der Waals surface area contributed by atoms with E-state index in [4.69, 9.17) is 14.6 Å². The van der Waals surface area contributed by atoms with Crippen molar-refractivity contribution in [1.82, 2.24) is 0 Å². The van der Waals surface area contributed by atoms with Crippen molar-refractivity contribution in [2.75, 3.05) is 6.61 Å². The smallest absolute Gasteiger partial charge is 0.160 e. The fourth-order valence-corrected chi connectivity index (χ4v) is 1.52. The molecule has 3 unspecified atom stereocenters. The summed E-state index contributed by atoms with van der Waals surface area (Å²) < 4.78 is 10.7. The van der Waals surface area contributed by atoms with Crippen molar-refractivity contribution >= 4 is 0 Å². The van der Waals surface area contributed by atoms with Crippen LogP contribution in [0.2, 0.25) is 0 Å². The molecular weight excluding hydrogens is 200 g/mol. The number of ether oxygens (including phenoxy) is 2. The first-order valence-electron chi connectivity index (χ1n) is 5.30. The van der Waals surface area contributed by atoms with Crippen LogP contribution in [0.15, 0.2) is 0 Å². The lowest BCUT2D eigenvalue weighted by atomic mass is 10.1. The van der Waals surface area contributed by atoms with E-state index in [9.17, 15) is 10.2 Å². The minimum atomic E-state index is -0.914. The Labute approximate surface area is 89.6 Å². The zero-order valence-electron chi connectivity index (χ0n) is 9.17. The predicted octanol–water partition coefficient (Wildman–Crippen LogP) is -0.369. The highest BCUT2D eigenvalue weighted by atomic mass is 16.7. The van der Waals surface area contributed by atoms with E-state index in [1.165, 1.54) is 6.92 Å². The molecule has 0 spiro atoms. The summed E-state index contributed by atoms with van der Waals surface area (Å²) in [5, 5.41) is 27.8. The van der Waals surface area contributed by atoms with Crippen molar-refractivity contribution in [2.24, 2.45) is 0 Å². The molecular formula is C10H20O5. The first-order chi connectivity index (χ1) is 6.99. The van der Waals surface area contributed by atoms with Crippen LogP contribution in [0.3, 0.4) is 0 Å². The van der Waals surface area contributed by atoms with Crippen LogP contribution in [0.25, 0.3) is 0 Å². The summed E-state index contributed by atoms with van der Waals surface area (Å²) in [5.74, 6) is 0. The standard InChI is InChI=1S/C10H20O5/c1-6-3-8(12)4-10(15-6)14-5-9(13)7(2)11/h6-13H,3-5H2,1-2H3/t6?,7?,8?,9-,10+/m0/s1. The van der Waals surface area contributed by atoms with E-state index in [0.717, 1.165) is 0 Å². The van der Waals surface area contributed by atoms with Crippen molar-refractivity contribution in [1.29, 1.82) is 0 Å². The summed E-state index contributed by atoms with van der Waals surface area (Å²) >= 11 is 0. The van der Waals surface area contributed by atoms with Crippen molar-refractivity contribution in [2.45, 2.75) is 57.4 Å². The van der Waals surface area contributed by atoms with Crippen LogP contribution in [0, 0.1) is 0 Å². The molecule has 1 aliphatic rings. The summed E-state index contributed by atoms with van der Waals surface area (Å²) in [6.07, 6.45) is -1.66. The molecule has 1 rings (SSSR count). The topological polar surface area (TPSA) is 79.2 Å². The average molecular weight is 220 g/mol. The zero-order valence-corrected chi connectivity index (χ0v) is 9.17.